The predicted octanol–water partition coefficient (Wildman–Crippen LogP) is 6.57. The quantitative estimate of drug-likeness (QED) is 0.477. The molecule has 3 aromatic rings. The fraction of sp³-hybridized carbons (Fsp3) is 0.0909. The number of hydrogen-bond donors (Lipinski definition) is 2. The Labute approximate surface area is 183 Å². The van der Waals surface area contributed by atoms with Crippen LogP contribution in [0, 0.1) is 18.3 Å². The average molecular weight is 446 g/mol. The van der Waals surface area contributed by atoms with Crippen molar-refractivity contribution in [2.45, 2.75) is 12.8 Å². The molecule has 0 aliphatic rings. The standard InChI is InChI=1S/C22H15Cl3N2O2/c1-12-8-16(18(11-26)13-2-4-14(23)5-3-13)19(25)10-20(12)27-22(29)17-9-15(24)6-7-21(17)28/h2-10,18,28H,1H3,(H,27,29). The van der Waals surface area contributed by atoms with Crippen molar-refractivity contribution in [2.75, 3.05) is 5.32 Å². The first kappa shape index (κ1) is 21.0. The van der Waals surface area contributed by atoms with E-state index in [-0.39, 0.29) is 11.3 Å². The number of amides is 1. The second kappa shape index (κ2) is 8.75. The minimum absolute atomic E-state index is 0.0492. The molecule has 4 nitrogen and oxygen atoms in total. The second-order valence-electron chi connectivity index (χ2n) is 6.42. The van der Waals surface area contributed by atoms with Gasteiger partial charge < -0.3 is 10.4 Å². The van der Waals surface area contributed by atoms with Crippen LogP contribution in [0.3, 0.4) is 0 Å². The van der Waals surface area contributed by atoms with Gasteiger partial charge in [-0.2, -0.15) is 5.26 Å². The molecule has 0 fully saturated rings. The van der Waals surface area contributed by atoms with Gasteiger partial charge in [0, 0.05) is 20.8 Å². The lowest BCUT2D eigenvalue weighted by molar-refractivity contribution is 0.102. The number of benzene rings is 3. The van der Waals surface area contributed by atoms with Gasteiger partial charge in [-0.3, -0.25) is 4.79 Å². The molecule has 29 heavy (non-hydrogen) atoms. The molecule has 0 aliphatic carbocycles. The number of phenols is 1. The van der Waals surface area contributed by atoms with Gasteiger partial charge in [0.2, 0.25) is 0 Å². The van der Waals surface area contributed by atoms with E-state index in [9.17, 15) is 15.2 Å². The summed E-state index contributed by atoms with van der Waals surface area (Å²) in [5, 5.41) is 23.6. The molecule has 0 heterocycles. The molecular weight excluding hydrogens is 431 g/mol. The Hall–Kier alpha value is -2.71. The third-order valence-electron chi connectivity index (χ3n) is 4.44. The van der Waals surface area contributed by atoms with Crippen LogP contribution in [0.2, 0.25) is 15.1 Å². The topological polar surface area (TPSA) is 73.1 Å². The number of carbonyl (C=O) groups is 1. The molecule has 1 unspecified atom stereocenters. The lowest BCUT2D eigenvalue weighted by Gasteiger charge is -2.16. The lowest BCUT2D eigenvalue weighted by Crippen LogP contribution is -2.13. The molecule has 0 spiro atoms. The fourth-order valence-corrected chi connectivity index (χ4v) is 3.49. The van der Waals surface area contributed by atoms with Gasteiger partial charge in [-0.25, -0.2) is 0 Å². The number of aromatic hydroxyl groups is 1. The summed E-state index contributed by atoms with van der Waals surface area (Å²) in [6.07, 6.45) is 0. The molecule has 0 saturated heterocycles. The van der Waals surface area contributed by atoms with Crippen LogP contribution in [0.15, 0.2) is 54.6 Å². The van der Waals surface area contributed by atoms with Crippen molar-refractivity contribution in [1.29, 1.82) is 5.26 Å². The molecule has 1 atom stereocenters. The zero-order valence-electron chi connectivity index (χ0n) is 15.2. The van der Waals surface area contributed by atoms with Gasteiger partial charge in [-0.15, -0.1) is 0 Å². The summed E-state index contributed by atoms with van der Waals surface area (Å²) in [6, 6.07) is 16.8. The second-order valence-corrected chi connectivity index (χ2v) is 7.70. The van der Waals surface area contributed by atoms with Crippen molar-refractivity contribution in [3.63, 3.8) is 0 Å². The van der Waals surface area contributed by atoms with Crippen molar-refractivity contribution in [1.82, 2.24) is 0 Å². The summed E-state index contributed by atoms with van der Waals surface area (Å²) in [5.74, 6) is -1.29. The van der Waals surface area contributed by atoms with Crippen molar-refractivity contribution < 1.29 is 9.90 Å². The summed E-state index contributed by atoms with van der Waals surface area (Å²) in [6.45, 7) is 1.80. The number of nitrogens with one attached hydrogen (secondary N) is 1. The Morgan fingerprint density at radius 3 is 2.34 bits per heavy atom. The van der Waals surface area contributed by atoms with Gasteiger partial charge in [0.25, 0.3) is 5.91 Å². The van der Waals surface area contributed by atoms with E-state index in [2.05, 4.69) is 11.4 Å². The minimum atomic E-state index is -0.583. The zero-order chi connectivity index (χ0) is 21.1. The minimum Gasteiger partial charge on any atom is -0.507 e. The van der Waals surface area contributed by atoms with Crippen LogP contribution >= 0.6 is 34.8 Å². The molecule has 0 aromatic heterocycles. The predicted molar refractivity (Wildman–Crippen MR) is 116 cm³/mol. The Morgan fingerprint density at radius 1 is 1.03 bits per heavy atom. The molecule has 0 bridgehead atoms. The number of halogens is 3. The highest BCUT2D eigenvalue weighted by Gasteiger charge is 2.20. The third kappa shape index (κ3) is 4.65. The molecule has 3 aromatic carbocycles. The largest absolute Gasteiger partial charge is 0.507 e. The smallest absolute Gasteiger partial charge is 0.259 e. The molecule has 146 valence electrons. The summed E-state index contributed by atoms with van der Waals surface area (Å²) in [5.41, 5.74) is 2.62. The highest BCUT2D eigenvalue weighted by atomic mass is 35.5. The molecule has 7 heteroatoms. The Morgan fingerprint density at radius 2 is 1.69 bits per heavy atom. The van der Waals surface area contributed by atoms with E-state index in [4.69, 9.17) is 34.8 Å². The molecule has 0 saturated carbocycles. The maximum atomic E-state index is 12.5. The van der Waals surface area contributed by atoms with Crippen LogP contribution < -0.4 is 5.32 Å². The van der Waals surface area contributed by atoms with E-state index in [1.807, 2.05) is 0 Å². The van der Waals surface area contributed by atoms with Gasteiger partial charge in [0.05, 0.1) is 17.6 Å². The Kier molecular flexibility index (Phi) is 6.34. The van der Waals surface area contributed by atoms with Gasteiger partial charge in [-0.1, -0.05) is 53.0 Å². The van der Waals surface area contributed by atoms with Crippen molar-refractivity contribution >= 4 is 46.4 Å². The number of carbonyl (C=O) groups excluding carboxylic acids is 1. The SMILES string of the molecule is Cc1cc(C(C#N)c2ccc(Cl)cc2)c(Cl)cc1NC(=O)c1cc(Cl)ccc1O. The van der Waals surface area contributed by atoms with E-state index in [1.165, 1.54) is 18.2 Å². The van der Waals surface area contributed by atoms with Crippen LogP contribution in [0.5, 0.6) is 5.75 Å². The van der Waals surface area contributed by atoms with Crippen LogP contribution in [-0.4, -0.2) is 11.0 Å². The van der Waals surface area contributed by atoms with E-state index >= 15 is 0 Å². The number of rotatable bonds is 4. The van der Waals surface area contributed by atoms with E-state index < -0.39 is 11.8 Å². The first-order valence-electron chi connectivity index (χ1n) is 8.55. The summed E-state index contributed by atoms with van der Waals surface area (Å²) < 4.78 is 0. The van der Waals surface area contributed by atoms with E-state index in [1.54, 1.807) is 43.3 Å². The summed E-state index contributed by atoms with van der Waals surface area (Å²) in [7, 11) is 0. The first-order chi connectivity index (χ1) is 13.8. The van der Waals surface area contributed by atoms with Crippen LogP contribution in [0.1, 0.15) is 33.0 Å². The Bertz CT molecular complexity index is 1120. The van der Waals surface area contributed by atoms with E-state index in [0.29, 0.717) is 31.9 Å². The molecule has 2 N–H and O–H groups in total. The number of nitriles is 1. The maximum Gasteiger partial charge on any atom is 0.259 e. The van der Waals surface area contributed by atoms with Crippen LogP contribution in [-0.2, 0) is 0 Å². The van der Waals surface area contributed by atoms with Crippen LogP contribution in [0.25, 0.3) is 0 Å². The van der Waals surface area contributed by atoms with Gasteiger partial charge in [-0.05, 0) is 60.0 Å². The van der Waals surface area contributed by atoms with Crippen molar-refractivity contribution in [3.8, 4) is 11.8 Å². The van der Waals surface area contributed by atoms with Crippen molar-refractivity contribution in [2.24, 2.45) is 0 Å². The van der Waals surface area contributed by atoms with Crippen LogP contribution in [0.4, 0.5) is 5.69 Å². The fourth-order valence-electron chi connectivity index (χ4n) is 2.92. The van der Waals surface area contributed by atoms with Crippen molar-refractivity contribution in [3.05, 3.63) is 91.9 Å². The maximum absolute atomic E-state index is 12.5. The number of hydrogen-bond acceptors (Lipinski definition) is 3. The molecule has 3 rings (SSSR count). The molecular formula is C22H15Cl3N2O2. The normalized spacial score (nSPS) is 11.6. The number of phenolic OH excluding ortho intramolecular Hbond substituents is 1. The van der Waals surface area contributed by atoms with Gasteiger partial charge in [0.15, 0.2) is 0 Å². The summed E-state index contributed by atoms with van der Waals surface area (Å²) in [4.78, 5) is 12.5. The highest BCUT2D eigenvalue weighted by Crippen LogP contribution is 2.34. The Balaban J connectivity index is 1.93. The number of anilines is 1. The average Bonchev–Trinajstić information content (AvgIpc) is 2.69. The molecule has 0 radical (unpaired) electrons. The zero-order valence-corrected chi connectivity index (χ0v) is 17.5. The third-order valence-corrected chi connectivity index (χ3v) is 5.25. The van der Waals surface area contributed by atoms with Gasteiger partial charge in [0.1, 0.15) is 5.75 Å². The van der Waals surface area contributed by atoms with E-state index in [0.717, 1.165) is 5.56 Å². The summed E-state index contributed by atoms with van der Waals surface area (Å²) >= 11 is 18.3. The molecule has 1 amide bonds. The first-order valence-corrected chi connectivity index (χ1v) is 9.68. The van der Waals surface area contributed by atoms with Gasteiger partial charge >= 0.3 is 0 Å². The number of nitrogens with zero attached hydrogens (tertiary/aromatic N) is 1. The lowest BCUT2D eigenvalue weighted by atomic mass is 9.91. The monoisotopic (exact) mass is 444 g/mol. The highest BCUT2D eigenvalue weighted by molar-refractivity contribution is 6.32. The number of aryl methyl sites for hydroxylation is 1. The molecule has 0 aliphatic heterocycles.